The molecule has 1 saturated carbocycles. The predicted molar refractivity (Wildman–Crippen MR) is 111 cm³/mol. The van der Waals surface area contributed by atoms with Crippen molar-refractivity contribution in [2.24, 2.45) is 14.1 Å². The third-order valence-electron chi connectivity index (χ3n) is 5.22. The number of rotatable bonds is 6. The van der Waals surface area contributed by atoms with Crippen LogP contribution in [0.15, 0.2) is 30.6 Å². The van der Waals surface area contributed by atoms with Crippen LogP contribution in [0.3, 0.4) is 0 Å². The number of ether oxygens (including phenoxy) is 2. The van der Waals surface area contributed by atoms with Gasteiger partial charge in [-0.15, -0.1) is 0 Å². The van der Waals surface area contributed by atoms with E-state index in [1.165, 1.54) is 7.11 Å². The maximum absolute atomic E-state index is 13.3. The first-order valence-electron chi connectivity index (χ1n) is 9.87. The summed E-state index contributed by atoms with van der Waals surface area (Å²) in [7, 11) is 5.05. The second-order valence-corrected chi connectivity index (χ2v) is 7.60. The van der Waals surface area contributed by atoms with Gasteiger partial charge in [-0.2, -0.15) is 15.2 Å². The molecule has 12 heteroatoms. The van der Waals surface area contributed by atoms with Crippen molar-refractivity contribution >= 4 is 22.7 Å². The molecule has 0 spiro atoms. The molecule has 0 bridgehead atoms. The van der Waals surface area contributed by atoms with Crippen LogP contribution in [0.25, 0.3) is 22.6 Å². The first-order chi connectivity index (χ1) is 15.3. The highest BCUT2D eigenvalue weighted by Gasteiger charge is 2.47. The van der Waals surface area contributed by atoms with Gasteiger partial charge in [0.05, 0.1) is 18.7 Å². The molecule has 1 aliphatic carbocycles. The van der Waals surface area contributed by atoms with Gasteiger partial charge in [-0.1, -0.05) is 0 Å². The van der Waals surface area contributed by atoms with Gasteiger partial charge in [-0.05, 0) is 0 Å². The molecule has 4 aromatic heterocycles. The topological polar surface area (TPSA) is 105 Å². The number of nitrogens with zero attached hydrogens (tertiary/aromatic N) is 7. The summed E-state index contributed by atoms with van der Waals surface area (Å²) in [5, 5.41) is 12.5. The Balaban J connectivity index is 1.45. The number of pyridine rings is 1. The highest BCUT2D eigenvalue weighted by Crippen LogP contribution is 2.41. The van der Waals surface area contributed by atoms with Gasteiger partial charge in [0.2, 0.25) is 5.88 Å². The van der Waals surface area contributed by atoms with Crippen LogP contribution in [0, 0.1) is 0 Å². The third-order valence-corrected chi connectivity index (χ3v) is 5.22. The lowest BCUT2D eigenvalue weighted by atomic mass is 9.91. The first-order valence-corrected chi connectivity index (χ1v) is 9.87. The normalized spacial score (nSPS) is 15.5. The van der Waals surface area contributed by atoms with Crippen LogP contribution >= 0.6 is 0 Å². The summed E-state index contributed by atoms with van der Waals surface area (Å²) < 4.78 is 40.7. The fraction of sp³-hybridized carbons (Fsp3) is 0.350. The summed E-state index contributed by atoms with van der Waals surface area (Å²) in [6.45, 7) is 0. The molecule has 0 amide bonds. The number of alkyl halides is 2. The number of methoxy groups -OCH3 is 1. The van der Waals surface area contributed by atoms with Gasteiger partial charge >= 0.3 is 0 Å². The van der Waals surface area contributed by atoms with Gasteiger partial charge in [-0.3, -0.25) is 9.36 Å². The molecule has 0 aromatic carbocycles. The van der Waals surface area contributed by atoms with Crippen molar-refractivity contribution in [3.63, 3.8) is 0 Å². The summed E-state index contributed by atoms with van der Waals surface area (Å²) in [5.41, 5.74) is 1.11. The largest absolute Gasteiger partial charge is 0.489 e. The van der Waals surface area contributed by atoms with Gasteiger partial charge in [0.25, 0.3) is 5.92 Å². The molecule has 4 aromatic rings. The fourth-order valence-corrected chi connectivity index (χ4v) is 3.52. The minimum Gasteiger partial charge on any atom is -0.489 e. The van der Waals surface area contributed by atoms with Crippen molar-refractivity contribution < 1.29 is 18.3 Å². The van der Waals surface area contributed by atoms with E-state index in [1.807, 2.05) is 0 Å². The number of nitrogens with one attached hydrogen (secondary N) is 1. The molecule has 0 atom stereocenters. The Hall–Kier alpha value is -3.83. The van der Waals surface area contributed by atoms with E-state index in [0.29, 0.717) is 45.8 Å². The van der Waals surface area contributed by atoms with Crippen LogP contribution in [-0.4, -0.2) is 53.6 Å². The standard InChI is InChI=1S/C20H20F2N8O2/c1-29-16(6-13(28-29)18-23-5-4-17(27-18)31-3)25-15-7-14(32-11-8-20(21,22)9-11)12-10-24-30(2)19(12)26-15/h4-7,10-11H,8-9H2,1-3H3,(H,25,26). The smallest absolute Gasteiger partial charge is 0.255 e. The minimum atomic E-state index is -2.67. The molecule has 0 radical (unpaired) electrons. The lowest BCUT2D eigenvalue weighted by molar-refractivity contribution is -0.134. The van der Waals surface area contributed by atoms with Crippen molar-refractivity contribution in [2.45, 2.75) is 24.9 Å². The number of aryl methyl sites for hydroxylation is 2. The van der Waals surface area contributed by atoms with E-state index in [4.69, 9.17) is 9.47 Å². The second-order valence-electron chi connectivity index (χ2n) is 7.60. The molecule has 166 valence electrons. The Morgan fingerprint density at radius 2 is 1.97 bits per heavy atom. The molecule has 32 heavy (non-hydrogen) atoms. The SMILES string of the molecule is COc1ccnc(-c2cc(Nc3cc(OC4CC(F)(F)C4)c4cnn(C)c4n3)n(C)n2)n1. The maximum Gasteiger partial charge on any atom is 0.255 e. The van der Waals surface area contributed by atoms with Crippen molar-refractivity contribution in [3.05, 3.63) is 30.6 Å². The van der Waals surface area contributed by atoms with Crippen LogP contribution in [0.4, 0.5) is 20.4 Å². The Morgan fingerprint density at radius 1 is 1.16 bits per heavy atom. The van der Waals surface area contributed by atoms with E-state index in [9.17, 15) is 8.78 Å². The van der Waals surface area contributed by atoms with E-state index in [2.05, 4.69) is 30.5 Å². The van der Waals surface area contributed by atoms with Gasteiger partial charge in [0.1, 0.15) is 29.2 Å². The zero-order chi connectivity index (χ0) is 22.5. The number of halogens is 2. The minimum absolute atomic E-state index is 0.300. The third kappa shape index (κ3) is 3.67. The van der Waals surface area contributed by atoms with Crippen LogP contribution < -0.4 is 14.8 Å². The van der Waals surface area contributed by atoms with E-state index in [0.717, 1.165) is 0 Å². The fourth-order valence-electron chi connectivity index (χ4n) is 3.52. The molecular weight excluding hydrogens is 422 g/mol. The molecule has 0 aliphatic heterocycles. The van der Waals surface area contributed by atoms with Crippen LogP contribution in [0.5, 0.6) is 11.6 Å². The average molecular weight is 442 g/mol. The van der Waals surface area contributed by atoms with Crippen LogP contribution in [0.1, 0.15) is 12.8 Å². The first kappa shape index (κ1) is 20.1. The van der Waals surface area contributed by atoms with E-state index < -0.39 is 12.0 Å². The van der Waals surface area contributed by atoms with Gasteiger partial charge in [-0.25, -0.2) is 18.7 Å². The van der Waals surface area contributed by atoms with E-state index in [-0.39, 0.29) is 12.8 Å². The van der Waals surface area contributed by atoms with E-state index >= 15 is 0 Å². The van der Waals surface area contributed by atoms with Crippen LogP contribution in [0.2, 0.25) is 0 Å². The maximum atomic E-state index is 13.3. The van der Waals surface area contributed by atoms with Crippen molar-refractivity contribution in [1.29, 1.82) is 0 Å². The molecule has 5 rings (SSSR count). The number of hydrogen-bond acceptors (Lipinski definition) is 8. The number of fused-ring (bicyclic) bond motifs is 1. The number of hydrogen-bond donors (Lipinski definition) is 1. The summed E-state index contributed by atoms with van der Waals surface area (Å²) in [4.78, 5) is 13.1. The Labute approximate surface area is 181 Å². The summed E-state index contributed by atoms with van der Waals surface area (Å²) in [6, 6.07) is 5.10. The summed E-state index contributed by atoms with van der Waals surface area (Å²) in [6.07, 6.45) is 2.06. The highest BCUT2D eigenvalue weighted by atomic mass is 19.3. The zero-order valence-corrected chi connectivity index (χ0v) is 17.6. The lowest BCUT2D eigenvalue weighted by Gasteiger charge is -2.34. The Morgan fingerprint density at radius 3 is 2.72 bits per heavy atom. The molecule has 1 aliphatic rings. The molecule has 10 nitrogen and oxygen atoms in total. The molecule has 0 unspecified atom stereocenters. The molecule has 1 N–H and O–H groups in total. The van der Waals surface area contributed by atoms with Gasteiger partial charge in [0, 0.05) is 51.3 Å². The quantitative estimate of drug-likeness (QED) is 0.486. The summed E-state index contributed by atoms with van der Waals surface area (Å²) in [5.74, 6) is -0.283. The Bertz CT molecular complexity index is 1290. The van der Waals surface area contributed by atoms with Crippen molar-refractivity contribution in [2.75, 3.05) is 12.4 Å². The lowest BCUT2D eigenvalue weighted by Crippen LogP contribution is -2.43. The molecule has 1 fully saturated rings. The zero-order valence-electron chi connectivity index (χ0n) is 17.6. The molecular formula is C20H20F2N8O2. The highest BCUT2D eigenvalue weighted by molar-refractivity contribution is 5.84. The van der Waals surface area contributed by atoms with E-state index in [1.54, 1.807) is 54.1 Å². The molecule has 0 saturated heterocycles. The number of aromatic nitrogens is 7. The second kappa shape index (κ2) is 7.39. The number of anilines is 2. The van der Waals surface area contributed by atoms with Crippen LogP contribution in [-0.2, 0) is 14.1 Å². The van der Waals surface area contributed by atoms with Crippen molar-refractivity contribution in [3.8, 4) is 23.1 Å². The summed E-state index contributed by atoms with van der Waals surface area (Å²) >= 11 is 0. The molecule has 4 heterocycles. The Kier molecular flexibility index (Phi) is 4.64. The van der Waals surface area contributed by atoms with Crippen molar-refractivity contribution in [1.82, 2.24) is 34.5 Å². The monoisotopic (exact) mass is 442 g/mol. The average Bonchev–Trinajstić information content (AvgIpc) is 3.30. The predicted octanol–water partition coefficient (Wildman–Crippen LogP) is 3.09. The van der Waals surface area contributed by atoms with Gasteiger partial charge < -0.3 is 14.8 Å². The van der Waals surface area contributed by atoms with Gasteiger partial charge in [0.15, 0.2) is 11.5 Å².